The molecular formula is C22H24FN3O. The van der Waals surface area contributed by atoms with Crippen LogP contribution in [0.2, 0.25) is 0 Å². The molecule has 2 aromatic carbocycles. The normalized spacial score (nSPS) is 17.0. The molecule has 0 bridgehead atoms. The summed E-state index contributed by atoms with van der Waals surface area (Å²) in [6.07, 6.45) is 5.46. The summed E-state index contributed by atoms with van der Waals surface area (Å²) in [5.74, 6) is 0.269. The molecule has 0 unspecified atom stereocenters. The van der Waals surface area contributed by atoms with Crippen LogP contribution in [0.15, 0.2) is 48.7 Å². The second kappa shape index (κ2) is 7.43. The van der Waals surface area contributed by atoms with Gasteiger partial charge in [0, 0.05) is 41.9 Å². The van der Waals surface area contributed by atoms with E-state index in [1.54, 1.807) is 12.3 Å². The van der Waals surface area contributed by atoms with Crippen molar-refractivity contribution in [2.24, 2.45) is 5.92 Å². The van der Waals surface area contributed by atoms with Crippen LogP contribution in [0.5, 0.6) is 0 Å². The molecule has 2 aromatic rings. The average molecular weight is 365 g/mol. The first-order chi connectivity index (χ1) is 13.1. The second-order valence-corrected chi connectivity index (χ2v) is 7.28. The quantitative estimate of drug-likeness (QED) is 0.689. The van der Waals surface area contributed by atoms with Crippen molar-refractivity contribution < 1.29 is 9.18 Å². The van der Waals surface area contributed by atoms with E-state index in [0.29, 0.717) is 16.8 Å². The van der Waals surface area contributed by atoms with Crippen molar-refractivity contribution in [1.82, 2.24) is 0 Å². The van der Waals surface area contributed by atoms with E-state index in [0.717, 1.165) is 31.1 Å². The first kappa shape index (κ1) is 17.6. The average Bonchev–Trinajstić information content (AvgIpc) is 3.43. The molecule has 0 atom stereocenters. The predicted octanol–water partition coefficient (Wildman–Crippen LogP) is 4.86. The topological polar surface area (TPSA) is 44.4 Å². The number of carbonyl (C=O) groups is 1. The highest BCUT2D eigenvalue weighted by Crippen LogP contribution is 2.33. The largest absolute Gasteiger partial charge is 0.371 e. The van der Waals surface area contributed by atoms with Crippen molar-refractivity contribution in [3.63, 3.8) is 0 Å². The minimum Gasteiger partial charge on any atom is -0.371 e. The van der Waals surface area contributed by atoms with Crippen LogP contribution in [0, 0.1) is 11.7 Å². The Morgan fingerprint density at radius 1 is 1.22 bits per heavy atom. The van der Waals surface area contributed by atoms with Crippen molar-refractivity contribution in [3.05, 3.63) is 60.0 Å². The summed E-state index contributed by atoms with van der Waals surface area (Å²) in [6, 6.07) is 12.6. The molecule has 0 saturated heterocycles. The molecule has 2 N–H and O–H groups in total. The molecule has 1 saturated carbocycles. The van der Waals surface area contributed by atoms with E-state index >= 15 is 0 Å². The third-order valence-corrected chi connectivity index (χ3v) is 5.05. The van der Waals surface area contributed by atoms with E-state index in [4.69, 9.17) is 0 Å². The highest BCUT2D eigenvalue weighted by Gasteiger charge is 2.25. The molecule has 2 aliphatic rings. The number of rotatable bonds is 7. The fourth-order valence-corrected chi connectivity index (χ4v) is 3.44. The van der Waals surface area contributed by atoms with Gasteiger partial charge in [0.15, 0.2) is 0 Å². The summed E-state index contributed by atoms with van der Waals surface area (Å²) >= 11 is 0. The van der Waals surface area contributed by atoms with Crippen molar-refractivity contribution in [2.45, 2.75) is 26.2 Å². The Morgan fingerprint density at radius 3 is 2.70 bits per heavy atom. The lowest BCUT2D eigenvalue weighted by Gasteiger charge is -2.24. The van der Waals surface area contributed by atoms with E-state index in [1.807, 2.05) is 12.1 Å². The Labute approximate surface area is 159 Å². The number of nitrogens with one attached hydrogen (secondary N) is 2. The molecule has 0 spiro atoms. The Bertz CT molecular complexity index is 872. The first-order valence-corrected chi connectivity index (χ1v) is 9.57. The Kier molecular flexibility index (Phi) is 4.84. The van der Waals surface area contributed by atoms with Crippen LogP contribution in [-0.4, -0.2) is 19.0 Å². The zero-order valence-electron chi connectivity index (χ0n) is 15.5. The summed E-state index contributed by atoms with van der Waals surface area (Å²) in [6.45, 7) is 4.40. The van der Waals surface area contributed by atoms with Crippen LogP contribution >= 0.6 is 0 Å². The van der Waals surface area contributed by atoms with Crippen LogP contribution in [0.1, 0.15) is 31.7 Å². The van der Waals surface area contributed by atoms with Gasteiger partial charge in [-0.15, -0.1) is 0 Å². The summed E-state index contributed by atoms with van der Waals surface area (Å²) in [7, 11) is 0. The Balaban J connectivity index is 1.48. The molecule has 0 aromatic heterocycles. The number of nitrogens with zero attached hydrogens (tertiary/aromatic N) is 1. The molecule has 1 fully saturated rings. The van der Waals surface area contributed by atoms with Crippen LogP contribution in [0.4, 0.5) is 21.5 Å². The van der Waals surface area contributed by atoms with Crippen molar-refractivity contribution in [1.29, 1.82) is 0 Å². The van der Waals surface area contributed by atoms with Gasteiger partial charge in [-0.1, -0.05) is 6.92 Å². The zero-order valence-corrected chi connectivity index (χ0v) is 15.5. The Hall–Kier alpha value is -2.82. The van der Waals surface area contributed by atoms with Crippen LogP contribution in [0.3, 0.4) is 0 Å². The maximum absolute atomic E-state index is 13.5. The van der Waals surface area contributed by atoms with E-state index < -0.39 is 0 Å². The molecule has 1 heterocycles. The molecule has 1 amide bonds. The lowest BCUT2D eigenvalue weighted by Crippen LogP contribution is -2.26. The van der Waals surface area contributed by atoms with Gasteiger partial charge in [-0.2, -0.15) is 0 Å². The highest BCUT2D eigenvalue weighted by atomic mass is 19.1. The van der Waals surface area contributed by atoms with Gasteiger partial charge in [-0.25, -0.2) is 4.39 Å². The van der Waals surface area contributed by atoms with Gasteiger partial charge in [-0.3, -0.25) is 4.79 Å². The molecule has 0 radical (unpaired) electrons. The monoisotopic (exact) mass is 365 g/mol. The molecule has 4 rings (SSSR count). The Morgan fingerprint density at radius 2 is 2.00 bits per heavy atom. The molecule has 1 aliphatic heterocycles. The van der Waals surface area contributed by atoms with Crippen LogP contribution < -0.4 is 15.5 Å². The second-order valence-electron chi connectivity index (χ2n) is 7.28. The maximum atomic E-state index is 13.5. The number of anilines is 3. The minimum absolute atomic E-state index is 0.224. The summed E-state index contributed by atoms with van der Waals surface area (Å²) in [4.78, 5) is 14.6. The van der Waals surface area contributed by atoms with Gasteiger partial charge in [-0.05, 0) is 67.6 Å². The number of hydrogen-bond acceptors (Lipinski definition) is 3. The lowest BCUT2D eigenvalue weighted by molar-refractivity contribution is -0.110. The number of halogens is 1. The third-order valence-electron chi connectivity index (χ3n) is 5.05. The van der Waals surface area contributed by atoms with E-state index in [-0.39, 0.29) is 11.7 Å². The number of amides is 1. The van der Waals surface area contributed by atoms with E-state index in [9.17, 15) is 9.18 Å². The van der Waals surface area contributed by atoms with Crippen LogP contribution in [-0.2, 0) is 4.79 Å². The lowest BCUT2D eigenvalue weighted by atomic mass is 10.1. The van der Waals surface area contributed by atoms with Gasteiger partial charge in [0.25, 0.3) is 5.91 Å². The minimum atomic E-state index is -0.354. The van der Waals surface area contributed by atoms with Gasteiger partial charge in [0.2, 0.25) is 0 Å². The van der Waals surface area contributed by atoms with E-state index in [1.165, 1.54) is 30.7 Å². The molecule has 5 heteroatoms. The summed E-state index contributed by atoms with van der Waals surface area (Å²) in [5.41, 5.74) is 3.79. The van der Waals surface area contributed by atoms with Gasteiger partial charge < -0.3 is 15.5 Å². The van der Waals surface area contributed by atoms with Crippen molar-refractivity contribution in [3.8, 4) is 0 Å². The summed E-state index contributed by atoms with van der Waals surface area (Å²) in [5, 5.41) is 5.92. The zero-order chi connectivity index (χ0) is 18.8. The number of carbonyl (C=O) groups excluding carboxylic acids is 1. The fraction of sp³-hybridized carbons (Fsp3) is 0.318. The first-order valence-electron chi connectivity index (χ1n) is 9.57. The molecular weight excluding hydrogens is 341 g/mol. The van der Waals surface area contributed by atoms with Gasteiger partial charge in [0.05, 0.1) is 5.57 Å². The molecule has 4 nitrogen and oxygen atoms in total. The number of benzene rings is 2. The predicted molar refractivity (Wildman–Crippen MR) is 108 cm³/mol. The summed E-state index contributed by atoms with van der Waals surface area (Å²) < 4.78 is 13.5. The smallest absolute Gasteiger partial charge is 0.257 e. The third kappa shape index (κ3) is 3.97. The molecule has 1 aliphatic carbocycles. The van der Waals surface area contributed by atoms with Crippen LogP contribution in [0.25, 0.3) is 5.57 Å². The maximum Gasteiger partial charge on any atom is 0.257 e. The SMILES string of the molecule is CCCN(CC1CC1)c1ccc(N/C=C2/C(=O)Nc3ccc(F)cc32)cc1. The molecule has 27 heavy (non-hydrogen) atoms. The number of hydrogen-bond donors (Lipinski definition) is 2. The fourth-order valence-electron chi connectivity index (χ4n) is 3.44. The molecule has 140 valence electrons. The van der Waals surface area contributed by atoms with E-state index in [2.05, 4.69) is 34.6 Å². The van der Waals surface area contributed by atoms with Gasteiger partial charge >= 0.3 is 0 Å². The standard InChI is InChI=1S/C22H24FN3O/c1-2-11-26(14-15-3-4-15)18-8-6-17(7-9-18)24-13-20-19-12-16(23)5-10-21(19)25-22(20)27/h5-10,12-13,15,24H,2-4,11,14H2,1H3,(H,25,27)/b20-13+. The number of fused-ring (bicyclic) bond motifs is 1. The van der Waals surface area contributed by atoms with Crippen molar-refractivity contribution in [2.75, 3.05) is 28.6 Å². The highest BCUT2D eigenvalue weighted by molar-refractivity contribution is 6.31. The van der Waals surface area contributed by atoms with Crippen molar-refractivity contribution >= 4 is 28.5 Å². The van der Waals surface area contributed by atoms with Gasteiger partial charge in [0.1, 0.15) is 5.82 Å².